The molecule has 7 heteroatoms. The van der Waals surface area contributed by atoms with Crippen molar-refractivity contribution in [2.24, 2.45) is 0 Å². The first kappa shape index (κ1) is 16.1. The van der Waals surface area contributed by atoms with Gasteiger partial charge in [-0.3, -0.25) is 0 Å². The first-order valence-corrected chi connectivity index (χ1v) is 7.56. The molecular weight excluding hydrogens is 330 g/mol. The molecule has 0 aliphatic rings. The van der Waals surface area contributed by atoms with E-state index in [2.05, 4.69) is 15.3 Å². The molecule has 0 amide bonds. The smallest absolute Gasteiger partial charge is 0.230 e. The molecule has 1 N–H and O–H groups in total. The average Bonchev–Trinajstić information content (AvgIpc) is 2.62. The summed E-state index contributed by atoms with van der Waals surface area (Å²) < 4.78 is 16.5. The molecular formula is C17H16ClN3O3. The fourth-order valence-corrected chi connectivity index (χ4v) is 2.50. The summed E-state index contributed by atoms with van der Waals surface area (Å²) in [5, 5.41) is 4.20. The zero-order valence-corrected chi connectivity index (χ0v) is 14.2. The standard InChI is InChI=1S/C17H16ClN3O3/c1-19-10-4-5-14(12(18)6-10)24-17-11-7-15(22-2)16(23-3)8-13(11)20-9-21-17/h4-9,19H,1-3H3. The van der Waals surface area contributed by atoms with Gasteiger partial charge in [-0.25, -0.2) is 9.97 Å². The second-order valence-electron chi connectivity index (χ2n) is 4.90. The van der Waals surface area contributed by atoms with Gasteiger partial charge in [0.25, 0.3) is 0 Å². The number of anilines is 1. The number of rotatable bonds is 5. The summed E-state index contributed by atoms with van der Waals surface area (Å²) in [4.78, 5) is 8.46. The summed E-state index contributed by atoms with van der Waals surface area (Å²) in [6, 6.07) is 8.98. The van der Waals surface area contributed by atoms with E-state index in [0.717, 1.165) is 5.69 Å². The maximum atomic E-state index is 6.26. The molecule has 124 valence electrons. The molecule has 0 fully saturated rings. The van der Waals surface area contributed by atoms with Gasteiger partial charge in [0.1, 0.15) is 12.1 Å². The van der Waals surface area contributed by atoms with Crippen LogP contribution < -0.4 is 19.5 Å². The topological polar surface area (TPSA) is 65.5 Å². The van der Waals surface area contributed by atoms with Crippen LogP contribution in [0.4, 0.5) is 5.69 Å². The average molecular weight is 346 g/mol. The van der Waals surface area contributed by atoms with E-state index in [1.807, 2.05) is 13.1 Å². The largest absolute Gasteiger partial charge is 0.493 e. The number of aromatic nitrogens is 2. The third-order valence-corrected chi connectivity index (χ3v) is 3.83. The highest BCUT2D eigenvalue weighted by molar-refractivity contribution is 6.32. The molecule has 24 heavy (non-hydrogen) atoms. The first-order valence-electron chi connectivity index (χ1n) is 7.18. The van der Waals surface area contributed by atoms with Gasteiger partial charge in [0.2, 0.25) is 5.88 Å². The van der Waals surface area contributed by atoms with Crippen molar-refractivity contribution in [1.82, 2.24) is 9.97 Å². The van der Waals surface area contributed by atoms with Gasteiger partial charge in [-0.1, -0.05) is 11.6 Å². The van der Waals surface area contributed by atoms with Crippen LogP contribution in [0, 0.1) is 0 Å². The van der Waals surface area contributed by atoms with Crippen LogP contribution in [-0.2, 0) is 0 Å². The molecule has 6 nitrogen and oxygen atoms in total. The van der Waals surface area contributed by atoms with Crippen molar-refractivity contribution in [2.45, 2.75) is 0 Å². The quantitative estimate of drug-likeness (QED) is 0.750. The monoisotopic (exact) mass is 345 g/mol. The predicted octanol–water partition coefficient (Wildman–Crippen LogP) is 4.13. The number of ether oxygens (including phenoxy) is 3. The van der Waals surface area contributed by atoms with E-state index in [4.69, 9.17) is 25.8 Å². The van der Waals surface area contributed by atoms with Crippen molar-refractivity contribution >= 4 is 28.2 Å². The van der Waals surface area contributed by atoms with Crippen LogP contribution in [0.1, 0.15) is 0 Å². The lowest BCUT2D eigenvalue weighted by Crippen LogP contribution is -1.96. The van der Waals surface area contributed by atoms with Gasteiger partial charge in [0.05, 0.1) is 30.1 Å². The van der Waals surface area contributed by atoms with Crippen molar-refractivity contribution in [2.75, 3.05) is 26.6 Å². The minimum Gasteiger partial charge on any atom is -0.493 e. The van der Waals surface area contributed by atoms with Crippen molar-refractivity contribution in [3.63, 3.8) is 0 Å². The van der Waals surface area contributed by atoms with E-state index >= 15 is 0 Å². The Morgan fingerprint density at radius 1 is 0.958 bits per heavy atom. The van der Waals surface area contributed by atoms with E-state index < -0.39 is 0 Å². The molecule has 3 aromatic rings. The predicted molar refractivity (Wildman–Crippen MR) is 93.7 cm³/mol. The molecule has 0 atom stereocenters. The lowest BCUT2D eigenvalue weighted by Gasteiger charge is -2.12. The number of methoxy groups -OCH3 is 2. The Labute approximate surface area is 144 Å². The number of benzene rings is 2. The molecule has 0 radical (unpaired) electrons. The molecule has 3 rings (SSSR count). The summed E-state index contributed by atoms with van der Waals surface area (Å²) in [6.07, 6.45) is 1.43. The Balaban J connectivity index is 2.06. The Morgan fingerprint density at radius 3 is 2.38 bits per heavy atom. The van der Waals surface area contributed by atoms with E-state index in [9.17, 15) is 0 Å². The van der Waals surface area contributed by atoms with Gasteiger partial charge in [0, 0.05) is 18.8 Å². The summed E-state index contributed by atoms with van der Waals surface area (Å²) in [5.74, 6) is 2.05. The molecule has 0 saturated heterocycles. The van der Waals surface area contributed by atoms with Crippen molar-refractivity contribution in [3.8, 4) is 23.1 Å². The van der Waals surface area contributed by atoms with Gasteiger partial charge >= 0.3 is 0 Å². The zero-order chi connectivity index (χ0) is 17.1. The van der Waals surface area contributed by atoms with Crippen molar-refractivity contribution in [3.05, 3.63) is 41.7 Å². The van der Waals surface area contributed by atoms with Gasteiger partial charge in [-0.05, 0) is 24.3 Å². The van der Waals surface area contributed by atoms with Crippen LogP contribution in [-0.4, -0.2) is 31.2 Å². The van der Waals surface area contributed by atoms with Crippen LogP contribution in [0.5, 0.6) is 23.1 Å². The Kier molecular flexibility index (Phi) is 4.57. The summed E-state index contributed by atoms with van der Waals surface area (Å²) in [5.41, 5.74) is 1.58. The van der Waals surface area contributed by atoms with E-state index in [-0.39, 0.29) is 0 Å². The molecule has 0 saturated carbocycles. The van der Waals surface area contributed by atoms with Gasteiger partial charge < -0.3 is 19.5 Å². The van der Waals surface area contributed by atoms with E-state index in [0.29, 0.717) is 39.1 Å². The van der Waals surface area contributed by atoms with Crippen molar-refractivity contribution < 1.29 is 14.2 Å². The highest BCUT2D eigenvalue weighted by atomic mass is 35.5. The summed E-state index contributed by atoms with van der Waals surface area (Å²) in [7, 11) is 4.97. The fourth-order valence-electron chi connectivity index (χ4n) is 2.28. The van der Waals surface area contributed by atoms with Crippen LogP contribution in [0.25, 0.3) is 10.9 Å². The molecule has 0 aliphatic heterocycles. The van der Waals surface area contributed by atoms with Crippen LogP contribution in [0.15, 0.2) is 36.7 Å². The Bertz CT molecular complexity index is 886. The number of nitrogens with one attached hydrogen (secondary N) is 1. The second-order valence-corrected chi connectivity index (χ2v) is 5.31. The summed E-state index contributed by atoms with van der Waals surface area (Å²) >= 11 is 6.26. The van der Waals surface area contributed by atoms with Crippen LogP contribution in [0.3, 0.4) is 0 Å². The van der Waals surface area contributed by atoms with Crippen LogP contribution >= 0.6 is 11.6 Å². The van der Waals surface area contributed by atoms with Crippen molar-refractivity contribution in [1.29, 1.82) is 0 Å². The van der Waals surface area contributed by atoms with Gasteiger partial charge in [-0.2, -0.15) is 0 Å². The Morgan fingerprint density at radius 2 is 1.71 bits per heavy atom. The van der Waals surface area contributed by atoms with E-state index in [1.165, 1.54) is 6.33 Å². The molecule has 1 aromatic heterocycles. The van der Waals surface area contributed by atoms with E-state index in [1.54, 1.807) is 38.5 Å². The highest BCUT2D eigenvalue weighted by Crippen LogP contribution is 2.37. The third-order valence-electron chi connectivity index (χ3n) is 3.53. The molecule has 2 aromatic carbocycles. The van der Waals surface area contributed by atoms with Gasteiger partial charge in [-0.15, -0.1) is 0 Å². The number of hydrogen-bond donors (Lipinski definition) is 1. The molecule has 1 heterocycles. The zero-order valence-electron chi connectivity index (χ0n) is 13.5. The normalized spacial score (nSPS) is 10.5. The lowest BCUT2D eigenvalue weighted by molar-refractivity contribution is 0.355. The van der Waals surface area contributed by atoms with Gasteiger partial charge in [0.15, 0.2) is 11.5 Å². The second kappa shape index (κ2) is 6.80. The number of nitrogens with zero attached hydrogens (tertiary/aromatic N) is 2. The highest BCUT2D eigenvalue weighted by Gasteiger charge is 2.13. The maximum absolute atomic E-state index is 6.26. The van der Waals surface area contributed by atoms with Crippen LogP contribution in [0.2, 0.25) is 5.02 Å². The number of fused-ring (bicyclic) bond motifs is 1. The minimum absolute atomic E-state index is 0.389. The Hall–Kier alpha value is -2.73. The first-order chi connectivity index (χ1) is 11.7. The SMILES string of the molecule is CNc1ccc(Oc2ncnc3cc(OC)c(OC)cc23)c(Cl)c1. The maximum Gasteiger partial charge on any atom is 0.230 e. The third kappa shape index (κ3) is 3.00. The fraction of sp³-hybridized carbons (Fsp3) is 0.176. The number of hydrogen-bond acceptors (Lipinski definition) is 6. The summed E-state index contributed by atoms with van der Waals surface area (Å²) in [6.45, 7) is 0. The molecule has 0 unspecified atom stereocenters. The number of halogens is 1. The molecule has 0 aliphatic carbocycles. The molecule has 0 bridgehead atoms. The minimum atomic E-state index is 0.389. The molecule has 0 spiro atoms. The lowest BCUT2D eigenvalue weighted by atomic mass is 10.2.